The quantitative estimate of drug-likeness (QED) is 0.906. The predicted octanol–water partition coefficient (Wildman–Crippen LogP) is 4.42. The summed E-state index contributed by atoms with van der Waals surface area (Å²) in [4.78, 5) is 12.3. The minimum absolute atomic E-state index is 0.0358. The first-order chi connectivity index (χ1) is 11.1. The number of amides is 1. The molecular weight excluding hydrogens is 300 g/mol. The van der Waals surface area contributed by atoms with Gasteiger partial charge in [0.15, 0.2) is 0 Å². The van der Waals surface area contributed by atoms with Crippen LogP contribution in [0, 0.1) is 0 Å². The van der Waals surface area contributed by atoms with Gasteiger partial charge in [-0.3, -0.25) is 4.79 Å². The highest BCUT2D eigenvalue weighted by Gasteiger charge is 2.15. The topological polar surface area (TPSA) is 38.3 Å². The fourth-order valence-electron chi connectivity index (χ4n) is 2.88. The first-order valence-corrected chi connectivity index (χ1v) is 7.60. The molecule has 120 valence electrons. The Morgan fingerprint density at radius 1 is 1.04 bits per heavy atom. The summed E-state index contributed by atoms with van der Waals surface area (Å²) in [6.45, 7) is -2.87. The SMILES string of the molecule is O=C(Nc1cccc2c1CCCC2)c1ccc(OC(F)F)cc1. The van der Waals surface area contributed by atoms with Crippen molar-refractivity contribution < 1.29 is 18.3 Å². The normalized spacial score (nSPS) is 13.5. The van der Waals surface area contributed by atoms with Gasteiger partial charge in [-0.2, -0.15) is 8.78 Å². The number of anilines is 1. The van der Waals surface area contributed by atoms with E-state index in [-0.39, 0.29) is 11.7 Å². The van der Waals surface area contributed by atoms with Gasteiger partial charge >= 0.3 is 6.61 Å². The zero-order chi connectivity index (χ0) is 16.2. The smallest absolute Gasteiger partial charge is 0.387 e. The highest BCUT2D eigenvalue weighted by atomic mass is 19.3. The van der Waals surface area contributed by atoms with Gasteiger partial charge in [0.2, 0.25) is 0 Å². The van der Waals surface area contributed by atoms with Gasteiger partial charge in [-0.1, -0.05) is 12.1 Å². The Balaban J connectivity index is 1.74. The van der Waals surface area contributed by atoms with Crippen molar-refractivity contribution in [1.29, 1.82) is 0 Å². The Morgan fingerprint density at radius 3 is 2.52 bits per heavy atom. The van der Waals surface area contributed by atoms with Crippen LogP contribution in [0.4, 0.5) is 14.5 Å². The van der Waals surface area contributed by atoms with E-state index in [1.54, 1.807) is 0 Å². The highest BCUT2D eigenvalue weighted by molar-refractivity contribution is 6.04. The van der Waals surface area contributed by atoms with Crippen molar-refractivity contribution in [2.75, 3.05) is 5.32 Å². The zero-order valence-electron chi connectivity index (χ0n) is 12.5. The van der Waals surface area contributed by atoms with Crippen LogP contribution in [-0.2, 0) is 12.8 Å². The molecule has 0 bridgehead atoms. The number of benzene rings is 2. The number of rotatable bonds is 4. The molecule has 0 spiro atoms. The van der Waals surface area contributed by atoms with Gasteiger partial charge in [0, 0.05) is 11.3 Å². The van der Waals surface area contributed by atoms with E-state index in [9.17, 15) is 13.6 Å². The van der Waals surface area contributed by atoms with Crippen LogP contribution in [0.2, 0.25) is 0 Å². The highest BCUT2D eigenvalue weighted by Crippen LogP contribution is 2.28. The van der Waals surface area contributed by atoms with Gasteiger partial charge in [0.05, 0.1) is 0 Å². The fourth-order valence-corrected chi connectivity index (χ4v) is 2.88. The number of nitrogens with one attached hydrogen (secondary N) is 1. The van der Waals surface area contributed by atoms with Gasteiger partial charge in [-0.15, -0.1) is 0 Å². The maximum atomic E-state index is 12.3. The van der Waals surface area contributed by atoms with Crippen LogP contribution in [0.5, 0.6) is 5.75 Å². The molecule has 0 fully saturated rings. The molecule has 2 aromatic rings. The van der Waals surface area contributed by atoms with Crippen LogP contribution >= 0.6 is 0 Å². The molecule has 2 aromatic carbocycles. The molecule has 1 amide bonds. The Hall–Kier alpha value is -2.43. The van der Waals surface area contributed by atoms with Crippen molar-refractivity contribution in [2.45, 2.75) is 32.3 Å². The second-order valence-corrected chi connectivity index (χ2v) is 5.51. The van der Waals surface area contributed by atoms with Gasteiger partial charge in [-0.05, 0) is 67.1 Å². The average molecular weight is 317 g/mol. The lowest BCUT2D eigenvalue weighted by Crippen LogP contribution is -2.15. The third kappa shape index (κ3) is 3.67. The molecule has 0 radical (unpaired) electrons. The Labute approximate surface area is 133 Å². The molecule has 0 aromatic heterocycles. The molecule has 1 N–H and O–H groups in total. The molecule has 0 heterocycles. The van der Waals surface area contributed by atoms with Crippen molar-refractivity contribution >= 4 is 11.6 Å². The minimum atomic E-state index is -2.87. The van der Waals surface area contributed by atoms with Crippen LogP contribution in [0.3, 0.4) is 0 Å². The van der Waals surface area contributed by atoms with E-state index in [1.807, 2.05) is 12.1 Å². The van der Waals surface area contributed by atoms with E-state index in [4.69, 9.17) is 0 Å². The molecule has 23 heavy (non-hydrogen) atoms. The van der Waals surface area contributed by atoms with E-state index in [2.05, 4.69) is 16.1 Å². The summed E-state index contributed by atoms with van der Waals surface area (Å²) >= 11 is 0. The molecular formula is C18H17F2NO2. The molecule has 0 aliphatic heterocycles. The van der Waals surface area contributed by atoms with Crippen molar-refractivity contribution in [3.8, 4) is 5.75 Å². The first-order valence-electron chi connectivity index (χ1n) is 7.60. The van der Waals surface area contributed by atoms with Gasteiger partial charge in [0.25, 0.3) is 5.91 Å². The lowest BCUT2D eigenvalue weighted by molar-refractivity contribution is -0.0498. The van der Waals surface area contributed by atoms with E-state index < -0.39 is 6.61 Å². The summed E-state index contributed by atoms with van der Waals surface area (Å²) < 4.78 is 28.5. The second kappa shape index (κ2) is 6.77. The summed E-state index contributed by atoms with van der Waals surface area (Å²) in [5.74, 6) is -0.221. The maximum absolute atomic E-state index is 12.3. The fraction of sp³-hybridized carbons (Fsp3) is 0.278. The summed E-state index contributed by atoms with van der Waals surface area (Å²) in [6.07, 6.45) is 4.31. The number of ether oxygens (including phenoxy) is 1. The van der Waals surface area contributed by atoms with Crippen molar-refractivity contribution in [3.63, 3.8) is 0 Å². The van der Waals surface area contributed by atoms with Crippen LogP contribution < -0.4 is 10.1 Å². The molecule has 0 saturated heterocycles. The lowest BCUT2D eigenvalue weighted by Gasteiger charge is -2.19. The third-order valence-electron chi connectivity index (χ3n) is 3.99. The number of alkyl halides is 2. The summed E-state index contributed by atoms with van der Waals surface area (Å²) in [5.41, 5.74) is 3.72. The summed E-state index contributed by atoms with van der Waals surface area (Å²) in [7, 11) is 0. The number of carbonyl (C=O) groups excluding carboxylic acids is 1. The minimum Gasteiger partial charge on any atom is -0.435 e. The van der Waals surface area contributed by atoms with Crippen molar-refractivity contribution in [3.05, 3.63) is 59.2 Å². The number of carbonyl (C=O) groups is 1. The van der Waals surface area contributed by atoms with Crippen LogP contribution in [0.15, 0.2) is 42.5 Å². The summed E-state index contributed by atoms with van der Waals surface area (Å²) in [5, 5.41) is 2.92. The number of hydrogen-bond acceptors (Lipinski definition) is 2. The molecule has 3 rings (SSSR count). The van der Waals surface area contributed by atoms with Gasteiger partial charge in [-0.25, -0.2) is 0 Å². The molecule has 1 aliphatic rings. The zero-order valence-corrected chi connectivity index (χ0v) is 12.5. The van der Waals surface area contributed by atoms with E-state index in [0.717, 1.165) is 24.9 Å². The average Bonchev–Trinajstić information content (AvgIpc) is 2.55. The van der Waals surface area contributed by atoms with Crippen LogP contribution in [0.25, 0.3) is 0 Å². The Kier molecular flexibility index (Phi) is 4.55. The summed E-state index contributed by atoms with van der Waals surface area (Å²) in [6, 6.07) is 11.6. The number of hydrogen-bond donors (Lipinski definition) is 1. The first kappa shape index (κ1) is 15.5. The molecule has 0 atom stereocenters. The molecule has 5 heteroatoms. The van der Waals surface area contributed by atoms with Gasteiger partial charge < -0.3 is 10.1 Å². The van der Waals surface area contributed by atoms with Crippen molar-refractivity contribution in [1.82, 2.24) is 0 Å². The number of halogens is 2. The van der Waals surface area contributed by atoms with E-state index in [1.165, 1.54) is 41.8 Å². The monoisotopic (exact) mass is 317 g/mol. The largest absolute Gasteiger partial charge is 0.435 e. The molecule has 3 nitrogen and oxygen atoms in total. The Bertz CT molecular complexity index is 699. The standard InChI is InChI=1S/C18H17F2NO2/c19-18(20)23-14-10-8-13(9-11-14)17(22)21-16-7-3-5-12-4-1-2-6-15(12)16/h3,5,7-11,18H,1-2,4,6H2,(H,21,22). The second-order valence-electron chi connectivity index (χ2n) is 5.51. The third-order valence-corrected chi connectivity index (χ3v) is 3.99. The molecule has 1 aliphatic carbocycles. The number of aryl methyl sites for hydroxylation is 1. The van der Waals surface area contributed by atoms with E-state index >= 15 is 0 Å². The van der Waals surface area contributed by atoms with Crippen molar-refractivity contribution in [2.24, 2.45) is 0 Å². The molecule has 0 saturated carbocycles. The van der Waals surface area contributed by atoms with E-state index in [0.29, 0.717) is 5.56 Å². The Morgan fingerprint density at radius 2 is 1.78 bits per heavy atom. The lowest BCUT2D eigenvalue weighted by atomic mass is 9.90. The van der Waals surface area contributed by atoms with Crippen LogP contribution in [-0.4, -0.2) is 12.5 Å². The maximum Gasteiger partial charge on any atom is 0.387 e. The molecule has 0 unspecified atom stereocenters. The number of fused-ring (bicyclic) bond motifs is 1. The predicted molar refractivity (Wildman–Crippen MR) is 84.1 cm³/mol. The van der Waals surface area contributed by atoms with Crippen LogP contribution in [0.1, 0.15) is 34.3 Å². The van der Waals surface area contributed by atoms with Gasteiger partial charge in [0.1, 0.15) is 5.75 Å².